The SMILES string of the molecule is Cc1cc(S(=O)(=O)N2CC3CCCC3C2)ccc1Br. The molecule has 2 fully saturated rings. The van der Waals surface area contributed by atoms with Gasteiger partial charge >= 0.3 is 0 Å². The summed E-state index contributed by atoms with van der Waals surface area (Å²) in [6, 6.07) is 5.27. The Labute approximate surface area is 123 Å². The Balaban J connectivity index is 1.88. The lowest BCUT2D eigenvalue weighted by molar-refractivity contribution is 0.445. The Morgan fingerprint density at radius 1 is 1.21 bits per heavy atom. The van der Waals surface area contributed by atoms with Crippen molar-refractivity contribution in [3.63, 3.8) is 0 Å². The Morgan fingerprint density at radius 2 is 1.84 bits per heavy atom. The molecule has 1 aliphatic carbocycles. The molecular formula is C14H18BrNO2S. The van der Waals surface area contributed by atoms with Crippen molar-refractivity contribution in [2.24, 2.45) is 11.8 Å². The Morgan fingerprint density at radius 3 is 2.42 bits per heavy atom. The maximum atomic E-state index is 12.6. The molecule has 1 saturated heterocycles. The minimum Gasteiger partial charge on any atom is -0.207 e. The molecule has 1 saturated carbocycles. The molecule has 1 aliphatic heterocycles. The number of nitrogens with zero attached hydrogens (tertiary/aromatic N) is 1. The van der Waals surface area contributed by atoms with Crippen LogP contribution in [0.5, 0.6) is 0 Å². The van der Waals surface area contributed by atoms with Gasteiger partial charge in [0.15, 0.2) is 0 Å². The van der Waals surface area contributed by atoms with E-state index in [0.717, 1.165) is 10.0 Å². The molecular weight excluding hydrogens is 326 g/mol. The number of hydrogen-bond acceptors (Lipinski definition) is 2. The van der Waals surface area contributed by atoms with Crippen LogP contribution >= 0.6 is 15.9 Å². The van der Waals surface area contributed by atoms with Crippen LogP contribution in [0, 0.1) is 18.8 Å². The molecule has 0 N–H and O–H groups in total. The van der Waals surface area contributed by atoms with Gasteiger partial charge < -0.3 is 0 Å². The second-order valence-corrected chi connectivity index (χ2v) is 8.48. The molecule has 3 rings (SSSR count). The number of benzene rings is 1. The van der Waals surface area contributed by atoms with Crippen molar-refractivity contribution in [2.45, 2.75) is 31.1 Å². The minimum atomic E-state index is -3.31. The van der Waals surface area contributed by atoms with E-state index < -0.39 is 10.0 Å². The molecule has 2 aliphatic rings. The molecule has 5 heteroatoms. The van der Waals surface area contributed by atoms with Gasteiger partial charge in [0, 0.05) is 17.6 Å². The summed E-state index contributed by atoms with van der Waals surface area (Å²) in [5, 5.41) is 0. The fraction of sp³-hybridized carbons (Fsp3) is 0.571. The molecule has 1 aromatic rings. The molecule has 2 unspecified atom stereocenters. The van der Waals surface area contributed by atoms with Crippen LogP contribution in [0.4, 0.5) is 0 Å². The lowest BCUT2D eigenvalue weighted by atomic mass is 10.0. The van der Waals surface area contributed by atoms with Crippen LogP contribution in [0.3, 0.4) is 0 Å². The van der Waals surface area contributed by atoms with Crippen molar-refractivity contribution in [3.8, 4) is 0 Å². The first-order chi connectivity index (χ1) is 8.98. The first kappa shape index (κ1) is 13.6. The predicted molar refractivity (Wildman–Crippen MR) is 78.5 cm³/mol. The summed E-state index contributed by atoms with van der Waals surface area (Å²) in [5.41, 5.74) is 0.959. The summed E-state index contributed by atoms with van der Waals surface area (Å²) in [7, 11) is -3.31. The molecule has 0 amide bonds. The summed E-state index contributed by atoms with van der Waals surface area (Å²) in [6.07, 6.45) is 3.65. The van der Waals surface area contributed by atoms with Gasteiger partial charge in [-0.05, 0) is 55.4 Å². The molecule has 0 bridgehead atoms. The number of sulfonamides is 1. The molecule has 0 spiro atoms. The molecule has 3 nitrogen and oxygen atoms in total. The van der Waals surface area contributed by atoms with Gasteiger partial charge in [-0.3, -0.25) is 0 Å². The highest BCUT2D eigenvalue weighted by Crippen LogP contribution is 2.39. The highest BCUT2D eigenvalue weighted by atomic mass is 79.9. The van der Waals surface area contributed by atoms with Gasteiger partial charge in [0.1, 0.15) is 0 Å². The van der Waals surface area contributed by atoms with E-state index in [1.807, 2.05) is 13.0 Å². The monoisotopic (exact) mass is 343 g/mol. The van der Waals surface area contributed by atoms with Gasteiger partial charge in [-0.15, -0.1) is 0 Å². The van der Waals surface area contributed by atoms with Crippen LogP contribution in [0.1, 0.15) is 24.8 Å². The van der Waals surface area contributed by atoms with E-state index in [2.05, 4.69) is 15.9 Å². The predicted octanol–water partition coefficient (Wildman–Crippen LogP) is 3.18. The van der Waals surface area contributed by atoms with E-state index in [9.17, 15) is 8.42 Å². The largest absolute Gasteiger partial charge is 0.243 e. The zero-order chi connectivity index (χ0) is 13.6. The van der Waals surface area contributed by atoms with Gasteiger partial charge in [-0.1, -0.05) is 22.4 Å². The van der Waals surface area contributed by atoms with Crippen molar-refractivity contribution in [3.05, 3.63) is 28.2 Å². The molecule has 2 atom stereocenters. The van der Waals surface area contributed by atoms with E-state index in [1.165, 1.54) is 19.3 Å². The average molecular weight is 344 g/mol. The fourth-order valence-electron chi connectivity index (χ4n) is 3.31. The van der Waals surface area contributed by atoms with Crippen molar-refractivity contribution in [2.75, 3.05) is 13.1 Å². The molecule has 19 heavy (non-hydrogen) atoms. The standard InChI is InChI=1S/C14H18BrNO2S/c1-10-7-13(5-6-14(10)15)19(17,18)16-8-11-3-2-4-12(11)9-16/h5-7,11-12H,2-4,8-9H2,1H3. The van der Waals surface area contributed by atoms with Crippen molar-refractivity contribution in [1.82, 2.24) is 4.31 Å². The molecule has 1 aromatic carbocycles. The Hall–Kier alpha value is -0.390. The van der Waals surface area contributed by atoms with Crippen LogP contribution in [0.2, 0.25) is 0 Å². The number of aryl methyl sites for hydroxylation is 1. The second-order valence-electron chi connectivity index (χ2n) is 5.68. The fourth-order valence-corrected chi connectivity index (χ4v) is 5.20. The molecule has 104 valence electrons. The second kappa shape index (κ2) is 4.86. The highest BCUT2D eigenvalue weighted by molar-refractivity contribution is 9.10. The third-order valence-electron chi connectivity index (χ3n) is 4.46. The van der Waals surface area contributed by atoms with Crippen molar-refractivity contribution >= 4 is 26.0 Å². The van der Waals surface area contributed by atoms with Gasteiger partial charge in [-0.2, -0.15) is 4.31 Å². The zero-order valence-electron chi connectivity index (χ0n) is 11.0. The quantitative estimate of drug-likeness (QED) is 0.826. The van der Waals surface area contributed by atoms with Crippen LogP contribution in [-0.4, -0.2) is 25.8 Å². The van der Waals surface area contributed by atoms with E-state index in [0.29, 0.717) is 29.8 Å². The van der Waals surface area contributed by atoms with Crippen LogP contribution in [-0.2, 0) is 10.0 Å². The lowest BCUT2D eigenvalue weighted by Crippen LogP contribution is -2.29. The van der Waals surface area contributed by atoms with E-state index >= 15 is 0 Å². The Bertz CT molecular complexity index is 587. The summed E-state index contributed by atoms with van der Waals surface area (Å²) in [4.78, 5) is 0.424. The molecule has 0 aromatic heterocycles. The van der Waals surface area contributed by atoms with E-state index in [-0.39, 0.29) is 0 Å². The van der Waals surface area contributed by atoms with E-state index in [1.54, 1.807) is 16.4 Å². The van der Waals surface area contributed by atoms with Crippen LogP contribution < -0.4 is 0 Å². The van der Waals surface area contributed by atoms with Gasteiger partial charge in [-0.25, -0.2) is 8.42 Å². The molecule has 1 heterocycles. The minimum absolute atomic E-state index is 0.424. The van der Waals surface area contributed by atoms with E-state index in [4.69, 9.17) is 0 Å². The smallest absolute Gasteiger partial charge is 0.207 e. The van der Waals surface area contributed by atoms with Crippen LogP contribution in [0.25, 0.3) is 0 Å². The van der Waals surface area contributed by atoms with Gasteiger partial charge in [0.05, 0.1) is 4.90 Å². The number of halogens is 1. The summed E-state index contributed by atoms with van der Waals surface area (Å²) in [6.45, 7) is 3.34. The maximum absolute atomic E-state index is 12.6. The zero-order valence-corrected chi connectivity index (χ0v) is 13.4. The summed E-state index contributed by atoms with van der Waals surface area (Å²) in [5.74, 6) is 1.18. The topological polar surface area (TPSA) is 37.4 Å². The number of fused-ring (bicyclic) bond motifs is 1. The van der Waals surface area contributed by atoms with Crippen molar-refractivity contribution < 1.29 is 8.42 Å². The molecule has 0 radical (unpaired) electrons. The number of hydrogen-bond donors (Lipinski definition) is 0. The lowest BCUT2D eigenvalue weighted by Gasteiger charge is -2.17. The summed E-state index contributed by atoms with van der Waals surface area (Å²) >= 11 is 3.41. The third kappa shape index (κ3) is 2.36. The summed E-state index contributed by atoms with van der Waals surface area (Å²) < 4.78 is 27.9. The highest BCUT2D eigenvalue weighted by Gasteiger charge is 2.41. The van der Waals surface area contributed by atoms with Gasteiger partial charge in [0.25, 0.3) is 0 Å². The normalized spacial score (nSPS) is 27.7. The Kier molecular flexibility index (Phi) is 3.48. The average Bonchev–Trinajstić information content (AvgIpc) is 2.93. The van der Waals surface area contributed by atoms with Crippen LogP contribution in [0.15, 0.2) is 27.6 Å². The third-order valence-corrected chi connectivity index (χ3v) is 7.18. The first-order valence-corrected chi connectivity index (χ1v) is 8.98. The number of rotatable bonds is 2. The maximum Gasteiger partial charge on any atom is 0.243 e. The van der Waals surface area contributed by atoms with Gasteiger partial charge in [0.2, 0.25) is 10.0 Å². The first-order valence-electron chi connectivity index (χ1n) is 6.75. The van der Waals surface area contributed by atoms with Crippen molar-refractivity contribution in [1.29, 1.82) is 0 Å².